The summed E-state index contributed by atoms with van der Waals surface area (Å²) < 4.78 is 1.70. The smallest absolute Gasteiger partial charge is 0.295 e. The van der Waals surface area contributed by atoms with Crippen LogP contribution < -0.4 is 5.32 Å². The Morgan fingerprint density at radius 1 is 0.933 bits per heavy atom. The minimum absolute atomic E-state index is 0.0884. The van der Waals surface area contributed by atoms with Crippen LogP contribution in [0.2, 0.25) is 5.02 Å². The van der Waals surface area contributed by atoms with Crippen molar-refractivity contribution in [3.8, 4) is 17.1 Å². The quantitative estimate of drug-likeness (QED) is 0.459. The van der Waals surface area contributed by atoms with Crippen LogP contribution in [0.1, 0.15) is 27.3 Å². The minimum Gasteiger partial charge on any atom is -0.319 e. The molecular formula is C24H21ClN4O. The van der Waals surface area contributed by atoms with E-state index in [0.717, 1.165) is 27.9 Å². The van der Waals surface area contributed by atoms with Crippen molar-refractivity contribution in [3.63, 3.8) is 0 Å². The predicted molar refractivity (Wildman–Crippen MR) is 120 cm³/mol. The molecule has 3 aromatic carbocycles. The molecule has 0 aliphatic carbocycles. The second kappa shape index (κ2) is 8.13. The first-order chi connectivity index (χ1) is 14.4. The van der Waals surface area contributed by atoms with Crippen molar-refractivity contribution in [2.75, 3.05) is 5.32 Å². The maximum Gasteiger partial charge on any atom is 0.295 e. The van der Waals surface area contributed by atoms with Crippen molar-refractivity contribution in [2.24, 2.45) is 0 Å². The zero-order valence-corrected chi connectivity index (χ0v) is 17.7. The molecular weight excluding hydrogens is 396 g/mol. The summed E-state index contributed by atoms with van der Waals surface area (Å²) >= 11 is 6.20. The van der Waals surface area contributed by atoms with Crippen LogP contribution in [0.4, 0.5) is 5.69 Å². The molecule has 1 N–H and O–H groups in total. The molecule has 0 saturated carbocycles. The second-order valence-corrected chi connectivity index (χ2v) is 7.73. The van der Waals surface area contributed by atoms with Gasteiger partial charge in [0.05, 0.1) is 5.69 Å². The number of anilines is 1. The molecule has 0 aliphatic rings. The third kappa shape index (κ3) is 4.11. The molecule has 150 valence electrons. The molecule has 1 amide bonds. The van der Waals surface area contributed by atoms with E-state index in [-0.39, 0.29) is 11.7 Å². The Kier molecular flexibility index (Phi) is 5.38. The van der Waals surface area contributed by atoms with Gasteiger partial charge in [0.1, 0.15) is 0 Å². The standard InChI is InChI=1S/C24H21ClN4O/c1-15-7-10-20(11-8-15)26-24(30)22-27-23(18-5-4-6-19(25)14-18)29(28-22)21-12-9-16(2)13-17(21)3/h4-14H,1-3H3,(H,26,30). The maximum absolute atomic E-state index is 12.9. The van der Waals surface area contributed by atoms with E-state index in [1.54, 1.807) is 10.7 Å². The van der Waals surface area contributed by atoms with Gasteiger partial charge in [0.25, 0.3) is 5.91 Å². The highest BCUT2D eigenvalue weighted by atomic mass is 35.5. The molecule has 30 heavy (non-hydrogen) atoms. The van der Waals surface area contributed by atoms with E-state index in [4.69, 9.17) is 11.6 Å². The lowest BCUT2D eigenvalue weighted by atomic mass is 10.1. The number of hydrogen-bond acceptors (Lipinski definition) is 3. The van der Waals surface area contributed by atoms with Gasteiger partial charge in [-0.25, -0.2) is 9.67 Å². The molecule has 4 aromatic rings. The first-order valence-corrected chi connectivity index (χ1v) is 9.97. The number of halogens is 1. The molecule has 5 nitrogen and oxygen atoms in total. The van der Waals surface area contributed by atoms with Crippen molar-refractivity contribution in [1.82, 2.24) is 14.8 Å². The Labute approximate surface area is 180 Å². The fourth-order valence-corrected chi connectivity index (χ4v) is 3.45. The summed E-state index contributed by atoms with van der Waals surface area (Å²) in [6.07, 6.45) is 0. The van der Waals surface area contributed by atoms with Gasteiger partial charge in [0.2, 0.25) is 5.82 Å². The van der Waals surface area contributed by atoms with E-state index in [2.05, 4.69) is 21.5 Å². The zero-order valence-electron chi connectivity index (χ0n) is 17.0. The summed E-state index contributed by atoms with van der Waals surface area (Å²) in [5.74, 6) is 0.273. The van der Waals surface area contributed by atoms with Crippen molar-refractivity contribution < 1.29 is 4.79 Å². The highest BCUT2D eigenvalue weighted by Crippen LogP contribution is 2.26. The first-order valence-electron chi connectivity index (χ1n) is 9.59. The number of aryl methyl sites for hydroxylation is 3. The maximum atomic E-state index is 12.9. The fourth-order valence-electron chi connectivity index (χ4n) is 3.26. The van der Waals surface area contributed by atoms with E-state index in [1.165, 1.54) is 0 Å². The monoisotopic (exact) mass is 416 g/mol. The molecule has 6 heteroatoms. The number of amides is 1. The predicted octanol–water partition coefficient (Wildman–Crippen LogP) is 5.77. The lowest BCUT2D eigenvalue weighted by Crippen LogP contribution is -2.14. The van der Waals surface area contributed by atoms with Crippen LogP contribution in [0.25, 0.3) is 17.1 Å². The molecule has 4 rings (SSSR count). The van der Waals surface area contributed by atoms with E-state index in [0.29, 0.717) is 16.5 Å². The topological polar surface area (TPSA) is 59.8 Å². The van der Waals surface area contributed by atoms with Gasteiger partial charge in [-0.3, -0.25) is 4.79 Å². The summed E-state index contributed by atoms with van der Waals surface area (Å²) in [7, 11) is 0. The van der Waals surface area contributed by atoms with Crippen LogP contribution in [0, 0.1) is 20.8 Å². The lowest BCUT2D eigenvalue weighted by molar-refractivity contribution is 0.101. The van der Waals surface area contributed by atoms with Gasteiger partial charge in [-0.2, -0.15) is 0 Å². The second-order valence-electron chi connectivity index (χ2n) is 7.29. The Hall–Kier alpha value is -3.44. The van der Waals surface area contributed by atoms with E-state index in [9.17, 15) is 4.79 Å². The summed E-state index contributed by atoms with van der Waals surface area (Å²) in [6.45, 7) is 6.05. The Morgan fingerprint density at radius 2 is 1.67 bits per heavy atom. The van der Waals surface area contributed by atoms with E-state index in [1.807, 2.05) is 75.4 Å². The van der Waals surface area contributed by atoms with Crippen molar-refractivity contribution in [1.29, 1.82) is 0 Å². The van der Waals surface area contributed by atoms with Crippen LogP contribution in [0.3, 0.4) is 0 Å². The first kappa shape index (κ1) is 19.9. The number of nitrogens with one attached hydrogen (secondary N) is 1. The third-order valence-corrected chi connectivity index (χ3v) is 5.02. The number of benzene rings is 3. The number of carbonyl (C=O) groups excluding carboxylic acids is 1. The van der Waals surface area contributed by atoms with Crippen LogP contribution in [-0.2, 0) is 0 Å². The average molecular weight is 417 g/mol. The van der Waals surface area contributed by atoms with Gasteiger partial charge >= 0.3 is 0 Å². The summed E-state index contributed by atoms with van der Waals surface area (Å²) in [5.41, 5.74) is 5.64. The van der Waals surface area contributed by atoms with Gasteiger partial charge in [0.15, 0.2) is 5.82 Å². The van der Waals surface area contributed by atoms with Crippen molar-refractivity contribution >= 4 is 23.2 Å². The third-order valence-electron chi connectivity index (χ3n) is 4.78. The SMILES string of the molecule is Cc1ccc(NC(=O)c2nc(-c3cccc(Cl)c3)n(-c3ccc(C)cc3C)n2)cc1. The minimum atomic E-state index is -0.370. The molecule has 1 heterocycles. The largest absolute Gasteiger partial charge is 0.319 e. The van der Waals surface area contributed by atoms with Crippen molar-refractivity contribution in [3.05, 3.63) is 94.3 Å². The van der Waals surface area contributed by atoms with Crippen LogP contribution in [0.15, 0.2) is 66.7 Å². The molecule has 0 aliphatic heterocycles. The van der Waals surface area contributed by atoms with Gasteiger partial charge < -0.3 is 5.32 Å². The van der Waals surface area contributed by atoms with Crippen LogP contribution in [-0.4, -0.2) is 20.7 Å². The van der Waals surface area contributed by atoms with Gasteiger partial charge in [-0.15, -0.1) is 5.10 Å². The molecule has 0 unspecified atom stereocenters. The molecule has 0 bridgehead atoms. The molecule has 0 radical (unpaired) electrons. The number of rotatable bonds is 4. The van der Waals surface area contributed by atoms with Crippen molar-refractivity contribution in [2.45, 2.75) is 20.8 Å². The van der Waals surface area contributed by atoms with Gasteiger partial charge in [-0.05, 0) is 56.7 Å². The Bertz CT molecular complexity index is 1230. The highest BCUT2D eigenvalue weighted by Gasteiger charge is 2.20. The number of aromatic nitrogens is 3. The number of carbonyl (C=O) groups is 1. The summed E-state index contributed by atoms with van der Waals surface area (Å²) in [4.78, 5) is 17.4. The average Bonchev–Trinajstić information content (AvgIpc) is 3.15. The van der Waals surface area contributed by atoms with Gasteiger partial charge in [0, 0.05) is 16.3 Å². The summed E-state index contributed by atoms with van der Waals surface area (Å²) in [6, 6.07) is 21.0. The number of hydrogen-bond donors (Lipinski definition) is 1. The van der Waals surface area contributed by atoms with Crippen LogP contribution >= 0.6 is 11.6 Å². The molecule has 0 saturated heterocycles. The highest BCUT2D eigenvalue weighted by molar-refractivity contribution is 6.30. The molecule has 1 aromatic heterocycles. The van der Waals surface area contributed by atoms with E-state index >= 15 is 0 Å². The normalized spacial score (nSPS) is 10.8. The number of nitrogens with zero attached hydrogens (tertiary/aromatic N) is 3. The van der Waals surface area contributed by atoms with E-state index < -0.39 is 0 Å². The molecule has 0 fully saturated rings. The Morgan fingerprint density at radius 3 is 2.37 bits per heavy atom. The molecule has 0 spiro atoms. The van der Waals surface area contributed by atoms with Gasteiger partial charge in [-0.1, -0.05) is 59.1 Å². The Balaban J connectivity index is 1.79. The lowest BCUT2D eigenvalue weighted by Gasteiger charge is -2.10. The molecule has 0 atom stereocenters. The zero-order chi connectivity index (χ0) is 21.3. The fraction of sp³-hybridized carbons (Fsp3) is 0.125. The van der Waals surface area contributed by atoms with Crippen LogP contribution in [0.5, 0.6) is 0 Å². The summed E-state index contributed by atoms with van der Waals surface area (Å²) in [5, 5.41) is 7.99.